The first kappa shape index (κ1) is 23.4. The first-order valence-corrected chi connectivity index (χ1v) is 13.1. The van der Waals surface area contributed by atoms with Gasteiger partial charge in [0.05, 0.1) is 29.6 Å². The number of hydrogen-bond donors (Lipinski definition) is 2. The minimum absolute atomic E-state index is 0.0274. The number of nitrogens with zero attached hydrogens (tertiary/aromatic N) is 3. The number of pyridine rings is 1. The number of ether oxygens (including phenoxy) is 1. The number of para-hydroxylation sites is 1. The van der Waals surface area contributed by atoms with E-state index in [0.29, 0.717) is 39.6 Å². The topological polar surface area (TPSA) is 104 Å². The SMILES string of the molecule is COc1ccccc1S(=O)(=O)Nc1ccc2c3c(cc(NCC4CCN(C)CC4)nc13)C(=O)N2C. The zero-order valence-electron chi connectivity index (χ0n) is 20.0. The standard InChI is InChI=1S/C25H29N5O4S/c1-29-12-10-16(11-13-29)15-26-22-14-17-23-19(30(2)25(17)31)9-8-18(24(23)27-22)28-35(32,33)21-7-5-4-6-20(21)34-3/h4-9,14,16,28H,10-13,15H2,1-3H3,(H,26,27). The lowest BCUT2D eigenvalue weighted by molar-refractivity contribution is 0.0999. The number of likely N-dealkylation sites (tertiary alicyclic amines) is 1. The minimum Gasteiger partial charge on any atom is -0.495 e. The first-order valence-electron chi connectivity index (χ1n) is 11.6. The van der Waals surface area contributed by atoms with Crippen molar-refractivity contribution in [2.45, 2.75) is 17.7 Å². The molecule has 0 radical (unpaired) electrons. The normalized spacial score (nSPS) is 16.7. The van der Waals surface area contributed by atoms with Gasteiger partial charge in [0.25, 0.3) is 15.9 Å². The van der Waals surface area contributed by atoms with Crippen LogP contribution in [-0.2, 0) is 10.0 Å². The number of carbonyl (C=O) groups excluding carboxylic acids is 1. The number of anilines is 3. The molecule has 3 heterocycles. The summed E-state index contributed by atoms with van der Waals surface area (Å²) in [6.45, 7) is 2.87. The molecule has 0 saturated carbocycles. The maximum Gasteiger partial charge on any atom is 0.265 e. The van der Waals surface area contributed by atoms with Crippen LogP contribution in [0.4, 0.5) is 17.2 Å². The number of rotatable bonds is 7. The van der Waals surface area contributed by atoms with Crippen molar-refractivity contribution in [1.29, 1.82) is 0 Å². The van der Waals surface area contributed by atoms with Gasteiger partial charge in [-0.05, 0) is 69.2 Å². The molecule has 2 aromatic carbocycles. The quantitative estimate of drug-likeness (QED) is 0.518. The number of aromatic nitrogens is 1. The zero-order valence-corrected chi connectivity index (χ0v) is 20.9. The number of hydrogen-bond acceptors (Lipinski definition) is 7. The van der Waals surface area contributed by atoms with Crippen molar-refractivity contribution < 1.29 is 17.9 Å². The van der Waals surface area contributed by atoms with Crippen LogP contribution in [0, 0.1) is 5.92 Å². The minimum atomic E-state index is -3.97. The molecule has 1 fully saturated rings. The molecule has 0 bridgehead atoms. The highest BCUT2D eigenvalue weighted by Crippen LogP contribution is 2.41. The van der Waals surface area contributed by atoms with Crippen LogP contribution < -0.4 is 19.7 Å². The molecule has 0 unspecified atom stereocenters. The van der Waals surface area contributed by atoms with Crippen molar-refractivity contribution >= 4 is 44.0 Å². The Morgan fingerprint density at radius 3 is 2.60 bits per heavy atom. The molecule has 2 aliphatic rings. The second-order valence-corrected chi connectivity index (χ2v) is 10.8. The fourth-order valence-electron chi connectivity index (χ4n) is 4.79. The van der Waals surface area contributed by atoms with Gasteiger partial charge in [-0.3, -0.25) is 9.52 Å². The summed E-state index contributed by atoms with van der Waals surface area (Å²) < 4.78 is 34.5. The predicted octanol–water partition coefficient (Wildman–Crippen LogP) is 3.39. The molecule has 2 aliphatic heterocycles. The van der Waals surface area contributed by atoms with Crippen LogP contribution in [0.1, 0.15) is 23.2 Å². The van der Waals surface area contributed by atoms with Crippen LogP contribution in [0.25, 0.3) is 10.9 Å². The van der Waals surface area contributed by atoms with Gasteiger partial charge < -0.3 is 19.9 Å². The monoisotopic (exact) mass is 495 g/mol. The Labute approximate surface area is 205 Å². The van der Waals surface area contributed by atoms with E-state index in [2.05, 4.69) is 22.0 Å². The first-order chi connectivity index (χ1) is 16.8. The van der Waals surface area contributed by atoms with Gasteiger partial charge in [-0.25, -0.2) is 13.4 Å². The fraction of sp³-hybridized carbons (Fsp3) is 0.360. The van der Waals surface area contributed by atoms with E-state index in [9.17, 15) is 13.2 Å². The van der Waals surface area contributed by atoms with E-state index >= 15 is 0 Å². The Hall–Kier alpha value is -3.37. The van der Waals surface area contributed by atoms with E-state index in [0.717, 1.165) is 32.5 Å². The molecular weight excluding hydrogens is 466 g/mol. The van der Waals surface area contributed by atoms with Gasteiger partial charge in [0, 0.05) is 19.0 Å². The lowest BCUT2D eigenvalue weighted by Crippen LogP contribution is -2.33. The van der Waals surface area contributed by atoms with Crippen LogP contribution in [0.3, 0.4) is 0 Å². The van der Waals surface area contributed by atoms with E-state index in [1.54, 1.807) is 48.3 Å². The average Bonchev–Trinajstić information content (AvgIpc) is 3.10. The summed E-state index contributed by atoms with van der Waals surface area (Å²) in [6, 6.07) is 11.6. The number of carbonyl (C=O) groups is 1. The Balaban J connectivity index is 1.52. The van der Waals surface area contributed by atoms with Gasteiger partial charge in [-0.2, -0.15) is 0 Å². The highest BCUT2D eigenvalue weighted by Gasteiger charge is 2.31. The third-order valence-corrected chi connectivity index (χ3v) is 8.25. The van der Waals surface area contributed by atoms with E-state index in [1.807, 2.05) is 0 Å². The number of sulfonamides is 1. The molecule has 1 aromatic heterocycles. The van der Waals surface area contributed by atoms with Crippen LogP contribution in [0.15, 0.2) is 47.4 Å². The lowest BCUT2D eigenvalue weighted by Gasteiger charge is -2.29. The predicted molar refractivity (Wildman–Crippen MR) is 137 cm³/mol. The van der Waals surface area contributed by atoms with Crippen LogP contribution in [0.5, 0.6) is 5.75 Å². The van der Waals surface area contributed by atoms with Crippen LogP contribution in [-0.4, -0.2) is 65.0 Å². The molecule has 0 atom stereocenters. The van der Waals surface area contributed by atoms with Gasteiger partial charge in [0.1, 0.15) is 16.5 Å². The van der Waals surface area contributed by atoms with E-state index in [4.69, 9.17) is 9.72 Å². The maximum atomic E-state index is 13.3. The number of piperidine rings is 1. The number of benzene rings is 2. The second-order valence-electron chi connectivity index (χ2n) is 9.16. The van der Waals surface area contributed by atoms with Crippen molar-refractivity contribution in [2.75, 3.05) is 55.8 Å². The average molecular weight is 496 g/mol. The largest absolute Gasteiger partial charge is 0.495 e. The van der Waals surface area contributed by atoms with Crippen molar-refractivity contribution in [3.63, 3.8) is 0 Å². The molecule has 9 nitrogen and oxygen atoms in total. The van der Waals surface area contributed by atoms with E-state index in [-0.39, 0.29) is 16.6 Å². The van der Waals surface area contributed by atoms with Gasteiger partial charge in [0.15, 0.2) is 0 Å². The summed E-state index contributed by atoms with van der Waals surface area (Å²) in [5.74, 6) is 1.18. The summed E-state index contributed by atoms with van der Waals surface area (Å²) in [6.07, 6.45) is 2.19. The lowest BCUT2D eigenvalue weighted by atomic mass is 9.97. The van der Waals surface area contributed by atoms with Crippen molar-refractivity contribution in [3.05, 3.63) is 48.0 Å². The van der Waals surface area contributed by atoms with Gasteiger partial charge in [-0.15, -0.1) is 0 Å². The summed E-state index contributed by atoms with van der Waals surface area (Å²) in [4.78, 5) is 21.7. The molecule has 3 aromatic rings. The molecule has 184 valence electrons. The molecule has 5 rings (SSSR count). The summed E-state index contributed by atoms with van der Waals surface area (Å²) in [7, 11) is 1.30. The molecule has 0 aliphatic carbocycles. The molecule has 1 saturated heterocycles. The van der Waals surface area contributed by atoms with Crippen molar-refractivity contribution in [1.82, 2.24) is 9.88 Å². The molecule has 10 heteroatoms. The van der Waals surface area contributed by atoms with Gasteiger partial charge >= 0.3 is 0 Å². The second kappa shape index (κ2) is 9.01. The summed E-state index contributed by atoms with van der Waals surface area (Å²) in [5.41, 5.74) is 1.95. The van der Waals surface area contributed by atoms with E-state index in [1.165, 1.54) is 13.2 Å². The third kappa shape index (κ3) is 4.28. The molecule has 2 N–H and O–H groups in total. The third-order valence-electron chi connectivity index (χ3n) is 6.85. The Kier molecular flexibility index (Phi) is 6.02. The fourth-order valence-corrected chi connectivity index (χ4v) is 6.03. The van der Waals surface area contributed by atoms with Gasteiger partial charge in [0.2, 0.25) is 0 Å². The highest BCUT2D eigenvalue weighted by molar-refractivity contribution is 7.92. The Morgan fingerprint density at radius 1 is 1.11 bits per heavy atom. The molecule has 1 amide bonds. The molecule has 35 heavy (non-hydrogen) atoms. The Morgan fingerprint density at radius 2 is 1.86 bits per heavy atom. The van der Waals surface area contributed by atoms with Crippen LogP contribution in [0.2, 0.25) is 0 Å². The molecular formula is C25H29N5O4S. The van der Waals surface area contributed by atoms with Crippen molar-refractivity contribution in [2.24, 2.45) is 5.92 Å². The maximum absolute atomic E-state index is 13.3. The van der Waals surface area contributed by atoms with Crippen LogP contribution >= 0.6 is 0 Å². The van der Waals surface area contributed by atoms with Crippen molar-refractivity contribution in [3.8, 4) is 5.75 Å². The highest BCUT2D eigenvalue weighted by atomic mass is 32.2. The zero-order chi connectivity index (χ0) is 24.7. The van der Waals surface area contributed by atoms with Gasteiger partial charge in [-0.1, -0.05) is 12.1 Å². The number of amides is 1. The van der Waals surface area contributed by atoms with E-state index < -0.39 is 10.0 Å². The number of nitrogens with one attached hydrogen (secondary N) is 2. The smallest absolute Gasteiger partial charge is 0.265 e. The summed E-state index contributed by atoms with van der Waals surface area (Å²) in [5, 5.41) is 4.04. The molecule has 0 spiro atoms. The Bertz CT molecular complexity index is 1400. The summed E-state index contributed by atoms with van der Waals surface area (Å²) >= 11 is 0. The number of methoxy groups -OCH3 is 1.